The molecular weight excluding hydrogens is 306 g/mol. The van der Waals surface area contributed by atoms with Gasteiger partial charge in [0.25, 0.3) is 12.3 Å². The van der Waals surface area contributed by atoms with Crippen LogP contribution in [-0.4, -0.2) is 29.0 Å². The van der Waals surface area contributed by atoms with E-state index in [4.69, 9.17) is 4.74 Å². The second-order valence-electron chi connectivity index (χ2n) is 4.67. The summed E-state index contributed by atoms with van der Waals surface area (Å²) in [6.07, 6.45) is -1.29. The molecule has 0 aliphatic carbocycles. The van der Waals surface area contributed by atoms with Crippen molar-refractivity contribution in [3.63, 3.8) is 0 Å². The van der Waals surface area contributed by atoms with E-state index in [9.17, 15) is 18.7 Å². The zero-order chi connectivity index (χ0) is 16.7. The van der Waals surface area contributed by atoms with Crippen LogP contribution in [0.5, 0.6) is 5.88 Å². The van der Waals surface area contributed by atoms with E-state index < -0.39 is 18.9 Å². The molecule has 23 heavy (non-hydrogen) atoms. The topological polar surface area (TPSA) is 71.5 Å². The van der Waals surface area contributed by atoms with Gasteiger partial charge in [0, 0.05) is 12.7 Å². The summed E-state index contributed by atoms with van der Waals surface area (Å²) in [7, 11) is 0. The monoisotopic (exact) mass is 322 g/mol. The first kappa shape index (κ1) is 16.8. The number of ether oxygens (including phenoxy) is 1. The van der Waals surface area contributed by atoms with Gasteiger partial charge < -0.3 is 15.2 Å². The van der Waals surface area contributed by atoms with Gasteiger partial charge in [-0.1, -0.05) is 24.3 Å². The minimum Gasteiger partial charge on any atom is -0.471 e. The highest BCUT2D eigenvalue weighted by Gasteiger charge is 2.15. The number of aliphatic hydroxyl groups is 1. The van der Waals surface area contributed by atoms with Gasteiger partial charge in [-0.15, -0.1) is 0 Å². The molecule has 1 heterocycles. The lowest BCUT2D eigenvalue weighted by Gasteiger charge is -2.11. The number of nitrogens with one attached hydrogen (secondary N) is 1. The molecule has 0 unspecified atom stereocenters. The van der Waals surface area contributed by atoms with Crippen LogP contribution in [0.4, 0.5) is 8.78 Å². The number of amides is 1. The molecule has 0 aliphatic heterocycles. The van der Waals surface area contributed by atoms with Gasteiger partial charge in [0.1, 0.15) is 5.56 Å². The Hall–Kier alpha value is -2.54. The summed E-state index contributed by atoms with van der Waals surface area (Å²) >= 11 is 0. The van der Waals surface area contributed by atoms with E-state index in [2.05, 4.69) is 10.3 Å². The summed E-state index contributed by atoms with van der Waals surface area (Å²) < 4.78 is 29.3. The SMILES string of the molecule is O=C(NCc1ccccc1CO)c1cccnc1OCC(F)F. The van der Waals surface area contributed by atoms with Gasteiger partial charge in [-0.2, -0.15) is 0 Å². The Balaban J connectivity index is 2.06. The number of nitrogens with zero attached hydrogens (tertiary/aromatic N) is 1. The molecule has 2 N–H and O–H groups in total. The van der Waals surface area contributed by atoms with Crippen LogP contribution in [0.3, 0.4) is 0 Å². The smallest absolute Gasteiger partial charge is 0.272 e. The van der Waals surface area contributed by atoms with E-state index in [1.165, 1.54) is 18.3 Å². The van der Waals surface area contributed by atoms with Crippen molar-refractivity contribution in [2.75, 3.05) is 6.61 Å². The number of halogens is 2. The maximum atomic E-state index is 12.2. The number of pyridine rings is 1. The highest BCUT2D eigenvalue weighted by atomic mass is 19.3. The fourth-order valence-electron chi connectivity index (χ4n) is 1.98. The Morgan fingerprint density at radius 2 is 1.96 bits per heavy atom. The minimum atomic E-state index is -2.65. The Bertz CT molecular complexity index is 665. The summed E-state index contributed by atoms with van der Waals surface area (Å²) in [6, 6.07) is 10.1. The molecule has 122 valence electrons. The third-order valence-corrected chi connectivity index (χ3v) is 3.09. The highest BCUT2D eigenvalue weighted by molar-refractivity contribution is 5.96. The van der Waals surface area contributed by atoms with Crippen molar-refractivity contribution in [1.29, 1.82) is 0 Å². The number of carbonyl (C=O) groups excluding carboxylic acids is 1. The van der Waals surface area contributed by atoms with Gasteiger partial charge in [-0.05, 0) is 23.3 Å². The molecule has 2 rings (SSSR count). The molecule has 0 saturated heterocycles. The van der Waals surface area contributed by atoms with Crippen LogP contribution in [0.25, 0.3) is 0 Å². The average molecular weight is 322 g/mol. The molecule has 7 heteroatoms. The summed E-state index contributed by atoms with van der Waals surface area (Å²) in [5, 5.41) is 11.9. The predicted octanol–water partition coefficient (Wildman–Crippen LogP) is 2.15. The number of hydrogen-bond donors (Lipinski definition) is 2. The standard InChI is InChI=1S/C16H16F2N2O3/c17-14(18)10-23-16-13(6-3-7-19-16)15(22)20-8-11-4-1-2-5-12(11)9-21/h1-7,14,21H,8-10H2,(H,20,22). The van der Waals surface area contributed by atoms with Crippen LogP contribution in [-0.2, 0) is 13.2 Å². The van der Waals surface area contributed by atoms with Crippen LogP contribution < -0.4 is 10.1 Å². The number of benzene rings is 1. The minimum absolute atomic E-state index is 0.0784. The third kappa shape index (κ3) is 4.72. The maximum Gasteiger partial charge on any atom is 0.272 e. The van der Waals surface area contributed by atoms with Crippen LogP contribution in [0.1, 0.15) is 21.5 Å². The van der Waals surface area contributed by atoms with Crippen molar-refractivity contribution in [2.45, 2.75) is 19.6 Å². The molecule has 0 radical (unpaired) electrons. The molecule has 1 aromatic carbocycles. The van der Waals surface area contributed by atoms with Crippen molar-refractivity contribution in [3.8, 4) is 5.88 Å². The first-order chi connectivity index (χ1) is 11.1. The molecule has 0 spiro atoms. The largest absolute Gasteiger partial charge is 0.471 e. The molecule has 2 aromatic rings. The number of aromatic nitrogens is 1. The summed E-state index contributed by atoms with van der Waals surface area (Å²) in [5.74, 6) is -0.629. The molecular formula is C16H16F2N2O3. The zero-order valence-electron chi connectivity index (χ0n) is 12.2. The van der Waals surface area contributed by atoms with Gasteiger partial charge >= 0.3 is 0 Å². The number of carbonyl (C=O) groups is 1. The Kier molecular flexibility index (Phi) is 5.99. The number of hydrogen-bond acceptors (Lipinski definition) is 4. The highest BCUT2D eigenvalue weighted by Crippen LogP contribution is 2.16. The zero-order valence-corrected chi connectivity index (χ0v) is 12.2. The molecule has 0 aliphatic rings. The van der Waals surface area contributed by atoms with E-state index in [1.807, 2.05) is 0 Å². The lowest BCUT2D eigenvalue weighted by atomic mass is 10.1. The Morgan fingerprint density at radius 3 is 2.65 bits per heavy atom. The normalized spacial score (nSPS) is 10.6. The fourth-order valence-corrected chi connectivity index (χ4v) is 1.98. The van der Waals surface area contributed by atoms with E-state index in [1.54, 1.807) is 24.3 Å². The molecule has 5 nitrogen and oxygen atoms in total. The third-order valence-electron chi connectivity index (χ3n) is 3.09. The lowest BCUT2D eigenvalue weighted by Crippen LogP contribution is -2.24. The summed E-state index contributed by atoms with van der Waals surface area (Å²) in [6.45, 7) is -0.773. The molecule has 0 saturated carbocycles. The number of rotatable bonds is 7. The lowest BCUT2D eigenvalue weighted by molar-refractivity contribution is 0.0772. The molecule has 0 bridgehead atoms. The predicted molar refractivity (Wildman–Crippen MR) is 79.3 cm³/mol. The van der Waals surface area contributed by atoms with Crippen molar-refractivity contribution in [2.24, 2.45) is 0 Å². The average Bonchev–Trinajstić information content (AvgIpc) is 2.58. The summed E-state index contributed by atoms with van der Waals surface area (Å²) in [4.78, 5) is 16.0. The van der Waals surface area contributed by atoms with Crippen LogP contribution in [0.15, 0.2) is 42.6 Å². The Morgan fingerprint density at radius 1 is 1.22 bits per heavy atom. The first-order valence-electron chi connectivity index (χ1n) is 6.93. The second-order valence-corrected chi connectivity index (χ2v) is 4.67. The molecule has 1 aromatic heterocycles. The fraction of sp³-hybridized carbons (Fsp3) is 0.250. The van der Waals surface area contributed by atoms with Crippen molar-refractivity contribution >= 4 is 5.91 Å². The summed E-state index contributed by atoms with van der Waals surface area (Å²) in [5.41, 5.74) is 1.55. The second kappa shape index (κ2) is 8.19. The maximum absolute atomic E-state index is 12.2. The van der Waals surface area contributed by atoms with Crippen molar-refractivity contribution < 1.29 is 23.4 Å². The van der Waals surface area contributed by atoms with E-state index >= 15 is 0 Å². The number of alkyl halides is 2. The van der Waals surface area contributed by atoms with Crippen LogP contribution in [0, 0.1) is 0 Å². The van der Waals surface area contributed by atoms with Gasteiger partial charge in [0.15, 0.2) is 6.61 Å². The molecule has 1 amide bonds. The van der Waals surface area contributed by atoms with E-state index in [0.717, 1.165) is 5.56 Å². The van der Waals surface area contributed by atoms with Crippen LogP contribution >= 0.6 is 0 Å². The molecule has 0 atom stereocenters. The quantitative estimate of drug-likeness (QED) is 0.819. The van der Waals surface area contributed by atoms with Gasteiger partial charge in [0.05, 0.1) is 6.61 Å². The van der Waals surface area contributed by atoms with Crippen LogP contribution in [0.2, 0.25) is 0 Å². The Labute approximate surface area is 131 Å². The van der Waals surface area contributed by atoms with Crippen molar-refractivity contribution in [3.05, 3.63) is 59.3 Å². The van der Waals surface area contributed by atoms with Crippen molar-refractivity contribution in [1.82, 2.24) is 10.3 Å². The van der Waals surface area contributed by atoms with Gasteiger partial charge in [-0.25, -0.2) is 13.8 Å². The van der Waals surface area contributed by atoms with E-state index in [0.29, 0.717) is 5.56 Å². The number of aliphatic hydroxyl groups excluding tert-OH is 1. The molecule has 0 fully saturated rings. The van der Waals surface area contributed by atoms with E-state index in [-0.39, 0.29) is 24.6 Å². The first-order valence-corrected chi connectivity index (χ1v) is 6.93. The van der Waals surface area contributed by atoms with Gasteiger partial charge in [0.2, 0.25) is 5.88 Å². The van der Waals surface area contributed by atoms with Gasteiger partial charge in [-0.3, -0.25) is 4.79 Å².